The van der Waals surface area contributed by atoms with Crippen LogP contribution in [0.4, 0.5) is 17.5 Å². The van der Waals surface area contributed by atoms with Crippen molar-refractivity contribution in [3.05, 3.63) is 10.4 Å². The Morgan fingerprint density at radius 2 is 2.31 bits per heavy atom. The van der Waals surface area contributed by atoms with Crippen LogP contribution in [0.1, 0.15) is 0 Å². The van der Waals surface area contributed by atoms with Crippen LogP contribution in [-0.4, -0.2) is 23.4 Å². The van der Waals surface area contributed by atoms with Gasteiger partial charge in [-0.05, 0) is 0 Å². The van der Waals surface area contributed by atoms with E-state index in [0.717, 1.165) is 0 Å². The second-order valence-corrected chi connectivity index (χ2v) is 2.19. The van der Waals surface area contributed by atoms with Crippen molar-refractivity contribution in [2.24, 2.45) is 0 Å². The van der Waals surface area contributed by atoms with Gasteiger partial charge in [0.2, 0.25) is 12.4 Å². The molecule has 5 N–H and O–H groups in total. The minimum absolute atomic E-state index is 0.00852. The number of nitrogens with one attached hydrogen (secondary N) is 3. The van der Waals surface area contributed by atoms with Crippen LogP contribution in [0.3, 0.4) is 0 Å². The Morgan fingerprint density at radius 1 is 1.62 bits per heavy atom. The molecule has 0 unspecified atom stereocenters. The lowest BCUT2D eigenvalue weighted by atomic mass is 10.4. The summed E-state index contributed by atoms with van der Waals surface area (Å²) in [7, 11) is 1.57. The van der Waals surface area contributed by atoms with Gasteiger partial charge in [-0.25, -0.2) is 0 Å². The second-order valence-electron chi connectivity index (χ2n) is 2.19. The van der Waals surface area contributed by atoms with E-state index in [9.17, 15) is 9.59 Å². The normalized spacial score (nSPS) is 9.31. The number of H-pyrrole nitrogens is 1. The quantitative estimate of drug-likeness (QED) is 0.447. The molecule has 0 aromatic carbocycles. The average Bonchev–Trinajstić information content (AvgIpc) is 2.09. The van der Waals surface area contributed by atoms with Gasteiger partial charge >= 0.3 is 0 Å². The summed E-state index contributed by atoms with van der Waals surface area (Å²) < 4.78 is 0. The predicted molar refractivity (Wildman–Crippen MR) is 48.5 cm³/mol. The van der Waals surface area contributed by atoms with Crippen LogP contribution >= 0.6 is 0 Å². The highest BCUT2D eigenvalue weighted by atomic mass is 16.1. The smallest absolute Gasteiger partial charge is 0.278 e. The first-order valence-corrected chi connectivity index (χ1v) is 3.46. The fraction of sp³-hybridized carbons (Fsp3) is 0.167. The molecular formula is C6H9N5O2. The Kier molecular flexibility index (Phi) is 2.48. The summed E-state index contributed by atoms with van der Waals surface area (Å²) in [6.07, 6.45) is 0.392. The summed E-state index contributed by atoms with van der Waals surface area (Å²) in [6.45, 7) is 0. The zero-order chi connectivity index (χ0) is 9.84. The van der Waals surface area contributed by atoms with Crippen LogP contribution in [0.5, 0.6) is 0 Å². The Labute approximate surface area is 73.4 Å². The van der Waals surface area contributed by atoms with E-state index in [1.165, 1.54) is 0 Å². The van der Waals surface area contributed by atoms with Crippen LogP contribution in [0.2, 0.25) is 0 Å². The summed E-state index contributed by atoms with van der Waals surface area (Å²) in [5.41, 5.74) is 4.83. The molecule has 0 radical (unpaired) electrons. The molecule has 7 heteroatoms. The van der Waals surface area contributed by atoms with Crippen molar-refractivity contribution < 1.29 is 4.79 Å². The maximum absolute atomic E-state index is 11.2. The molecule has 70 valence electrons. The Morgan fingerprint density at radius 3 is 2.85 bits per heavy atom. The molecule has 1 aromatic heterocycles. The molecule has 7 nitrogen and oxygen atoms in total. The highest BCUT2D eigenvalue weighted by Crippen LogP contribution is 2.11. The zero-order valence-corrected chi connectivity index (χ0v) is 6.92. The number of amides is 1. The number of carbonyl (C=O) groups is 1. The van der Waals surface area contributed by atoms with Gasteiger partial charge < -0.3 is 16.4 Å². The summed E-state index contributed by atoms with van der Waals surface area (Å²) in [4.78, 5) is 27.3. The van der Waals surface area contributed by atoms with Crippen LogP contribution in [0.25, 0.3) is 0 Å². The minimum atomic E-state index is -0.496. The number of aromatic nitrogens is 2. The number of nitrogens with zero attached hydrogens (tertiary/aromatic N) is 1. The molecule has 1 rings (SSSR count). The van der Waals surface area contributed by atoms with E-state index in [4.69, 9.17) is 5.73 Å². The van der Waals surface area contributed by atoms with Gasteiger partial charge in [-0.1, -0.05) is 0 Å². The van der Waals surface area contributed by atoms with E-state index < -0.39 is 5.56 Å². The van der Waals surface area contributed by atoms with E-state index in [-0.39, 0.29) is 17.5 Å². The van der Waals surface area contributed by atoms with Crippen molar-refractivity contribution in [3.8, 4) is 0 Å². The van der Waals surface area contributed by atoms with Gasteiger partial charge in [-0.15, -0.1) is 0 Å². The fourth-order valence-corrected chi connectivity index (χ4v) is 0.864. The predicted octanol–water partition coefficient (Wildman–Crippen LogP) is -1.04. The highest BCUT2D eigenvalue weighted by molar-refractivity contribution is 5.78. The Balaban J connectivity index is 3.29. The standard InChI is InChI=1S/C6H9N5O2/c1-8-4-3(9-2-12)5(13)11-6(7)10-4/h2H,1H3,(H,9,12)(H4,7,8,10,11,13). The summed E-state index contributed by atoms with van der Waals surface area (Å²) >= 11 is 0. The third kappa shape index (κ3) is 1.75. The lowest BCUT2D eigenvalue weighted by Crippen LogP contribution is -2.18. The van der Waals surface area contributed by atoms with E-state index in [2.05, 4.69) is 20.6 Å². The first-order chi connectivity index (χ1) is 6.19. The molecule has 1 heterocycles. The van der Waals surface area contributed by atoms with E-state index in [0.29, 0.717) is 6.41 Å². The first kappa shape index (κ1) is 9.04. The van der Waals surface area contributed by atoms with E-state index in [1.807, 2.05) is 0 Å². The topological polar surface area (TPSA) is 113 Å². The zero-order valence-electron chi connectivity index (χ0n) is 6.92. The molecule has 0 aliphatic heterocycles. The number of aromatic amines is 1. The minimum Gasteiger partial charge on any atom is -0.371 e. The number of hydrogen-bond donors (Lipinski definition) is 4. The van der Waals surface area contributed by atoms with Crippen LogP contribution in [-0.2, 0) is 4.79 Å². The van der Waals surface area contributed by atoms with Crippen molar-refractivity contribution in [3.63, 3.8) is 0 Å². The number of anilines is 3. The van der Waals surface area contributed by atoms with Crippen molar-refractivity contribution in [1.29, 1.82) is 0 Å². The first-order valence-electron chi connectivity index (χ1n) is 3.46. The molecule has 13 heavy (non-hydrogen) atoms. The highest BCUT2D eigenvalue weighted by Gasteiger charge is 2.07. The average molecular weight is 183 g/mol. The number of rotatable bonds is 3. The SMILES string of the molecule is CNc1nc(N)[nH]c(=O)c1NC=O. The Hall–Kier alpha value is -2.05. The molecule has 0 fully saturated rings. The molecule has 0 aliphatic carbocycles. The number of nitrogen functional groups attached to an aromatic ring is 1. The van der Waals surface area contributed by atoms with Crippen LogP contribution < -0.4 is 21.9 Å². The molecule has 0 atom stereocenters. The largest absolute Gasteiger partial charge is 0.371 e. The molecule has 1 amide bonds. The van der Waals surface area contributed by atoms with Gasteiger partial charge in [0.1, 0.15) is 5.69 Å². The third-order valence-electron chi connectivity index (χ3n) is 1.38. The van der Waals surface area contributed by atoms with Crippen LogP contribution in [0.15, 0.2) is 4.79 Å². The van der Waals surface area contributed by atoms with E-state index >= 15 is 0 Å². The van der Waals surface area contributed by atoms with Crippen molar-refractivity contribution >= 4 is 23.9 Å². The van der Waals surface area contributed by atoms with E-state index in [1.54, 1.807) is 7.05 Å². The van der Waals surface area contributed by atoms with Crippen LogP contribution in [0, 0.1) is 0 Å². The van der Waals surface area contributed by atoms with Gasteiger partial charge in [-0.2, -0.15) is 4.98 Å². The van der Waals surface area contributed by atoms with Gasteiger partial charge in [-0.3, -0.25) is 14.6 Å². The van der Waals surface area contributed by atoms with Crippen molar-refractivity contribution in [1.82, 2.24) is 9.97 Å². The Bertz CT molecular complexity index is 372. The summed E-state index contributed by atoms with van der Waals surface area (Å²) in [5.74, 6) is 0.221. The molecule has 0 aliphatic rings. The summed E-state index contributed by atoms with van der Waals surface area (Å²) in [6, 6.07) is 0. The molecule has 0 bridgehead atoms. The summed E-state index contributed by atoms with van der Waals surface area (Å²) in [5, 5.41) is 4.85. The molecule has 0 saturated carbocycles. The lowest BCUT2D eigenvalue weighted by Gasteiger charge is -2.05. The monoisotopic (exact) mass is 183 g/mol. The van der Waals surface area contributed by atoms with Gasteiger partial charge in [0.15, 0.2) is 5.82 Å². The molecule has 1 aromatic rings. The molecule has 0 saturated heterocycles. The number of carbonyl (C=O) groups excluding carboxylic acids is 1. The van der Waals surface area contributed by atoms with Crippen molar-refractivity contribution in [2.45, 2.75) is 0 Å². The van der Waals surface area contributed by atoms with Gasteiger partial charge in [0.25, 0.3) is 5.56 Å². The molecule has 0 spiro atoms. The maximum atomic E-state index is 11.2. The number of nitrogens with two attached hydrogens (primary N) is 1. The second kappa shape index (κ2) is 3.57. The maximum Gasteiger partial charge on any atom is 0.278 e. The molecular weight excluding hydrogens is 174 g/mol. The fourth-order valence-electron chi connectivity index (χ4n) is 0.864. The lowest BCUT2D eigenvalue weighted by molar-refractivity contribution is -0.105. The number of hydrogen-bond acceptors (Lipinski definition) is 5. The third-order valence-corrected chi connectivity index (χ3v) is 1.38. The van der Waals surface area contributed by atoms with Gasteiger partial charge in [0, 0.05) is 7.05 Å². The van der Waals surface area contributed by atoms with Gasteiger partial charge in [0.05, 0.1) is 0 Å². The van der Waals surface area contributed by atoms with Crippen molar-refractivity contribution in [2.75, 3.05) is 23.4 Å².